The van der Waals surface area contributed by atoms with Gasteiger partial charge in [0.25, 0.3) is 0 Å². The maximum absolute atomic E-state index is 9.12. The van der Waals surface area contributed by atoms with E-state index in [1.165, 1.54) is 19.3 Å². The van der Waals surface area contributed by atoms with E-state index in [-0.39, 0.29) is 0 Å². The number of benzene rings is 1. The molecule has 154 valence electrons. The van der Waals surface area contributed by atoms with Crippen LogP contribution in [-0.2, 0) is 6.42 Å². The molecule has 1 saturated heterocycles. The molecule has 0 aliphatic carbocycles. The van der Waals surface area contributed by atoms with Crippen molar-refractivity contribution < 1.29 is 0 Å². The third-order valence-corrected chi connectivity index (χ3v) is 5.25. The van der Waals surface area contributed by atoms with Gasteiger partial charge in [-0.2, -0.15) is 10.2 Å². The van der Waals surface area contributed by atoms with Crippen LogP contribution in [-0.4, -0.2) is 35.6 Å². The Bertz CT molecular complexity index is 828. The average molecular weight is 393 g/mol. The van der Waals surface area contributed by atoms with Crippen LogP contribution in [0.25, 0.3) is 0 Å². The van der Waals surface area contributed by atoms with Gasteiger partial charge in [0.2, 0.25) is 5.95 Å². The summed E-state index contributed by atoms with van der Waals surface area (Å²) in [5.41, 5.74) is 2.51. The number of nitrogens with zero attached hydrogens (tertiary/aromatic N) is 4. The standard InChI is InChI=1S/C23H32N6/c1-3-5-6-12-25-21-11-13-29(17-21)22-15-19(8-4-2)26-23(28-22)27-20-10-7-9-18(14-20)16-24/h7,9-10,14-15,21,25H,3-6,8,11-13,17H2,1-2H3,(H,26,27,28). The fourth-order valence-corrected chi connectivity index (χ4v) is 3.70. The number of aryl methyl sites for hydroxylation is 1. The molecule has 1 unspecified atom stereocenters. The van der Waals surface area contributed by atoms with E-state index in [0.29, 0.717) is 17.6 Å². The highest BCUT2D eigenvalue weighted by molar-refractivity contribution is 5.58. The Morgan fingerprint density at radius 3 is 2.86 bits per heavy atom. The van der Waals surface area contributed by atoms with Gasteiger partial charge >= 0.3 is 0 Å². The summed E-state index contributed by atoms with van der Waals surface area (Å²) in [6.07, 6.45) is 6.91. The van der Waals surface area contributed by atoms with Gasteiger partial charge in [-0.1, -0.05) is 39.2 Å². The molecule has 0 spiro atoms. The summed E-state index contributed by atoms with van der Waals surface area (Å²) in [4.78, 5) is 11.8. The molecule has 6 nitrogen and oxygen atoms in total. The minimum Gasteiger partial charge on any atom is -0.355 e. The third-order valence-electron chi connectivity index (χ3n) is 5.25. The second-order valence-corrected chi connectivity index (χ2v) is 7.70. The molecule has 1 aromatic heterocycles. The van der Waals surface area contributed by atoms with Crippen LogP contribution in [0.5, 0.6) is 0 Å². The predicted octanol–water partition coefficient (Wildman–Crippen LogP) is 4.40. The van der Waals surface area contributed by atoms with Crippen LogP contribution in [0, 0.1) is 11.3 Å². The highest BCUT2D eigenvalue weighted by atomic mass is 15.3. The molecule has 1 aromatic carbocycles. The fourth-order valence-electron chi connectivity index (χ4n) is 3.70. The Morgan fingerprint density at radius 1 is 1.17 bits per heavy atom. The molecule has 2 heterocycles. The molecule has 2 N–H and O–H groups in total. The molecule has 1 fully saturated rings. The molecule has 1 aliphatic rings. The van der Waals surface area contributed by atoms with Crippen molar-refractivity contribution in [2.75, 3.05) is 29.9 Å². The Morgan fingerprint density at radius 2 is 2.07 bits per heavy atom. The van der Waals surface area contributed by atoms with E-state index in [4.69, 9.17) is 10.2 Å². The van der Waals surface area contributed by atoms with Gasteiger partial charge in [-0.05, 0) is 44.0 Å². The smallest absolute Gasteiger partial charge is 0.229 e. The summed E-state index contributed by atoms with van der Waals surface area (Å²) in [6.45, 7) is 7.49. The normalized spacial score (nSPS) is 16.0. The summed E-state index contributed by atoms with van der Waals surface area (Å²) < 4.78 is 0. The van der Waals surface area contributed by atoms with Gasteiger partial charge in [-0.25, -0.2) is 4.98 Å². The maximum Gasteiger partial charge on any atom is 0.229 e. The lowest BCUT2D eigenvalue weighted by atomic mass is 10.2. The van der Waals surface area contributed by atoms with Crippen molar-refractivity contribution >= 4 is 17.5 Å². The lowest BCUT2D eigenvalue weighted by Crippen LogP contribution is -2.33. The minimum absolute atomic E-state index is 0.528. The van der Waals surface area contributed by atoms with E-state index in [9.17, 15) is 0 Å². The Kier molecular flexibility index (Phi) is 7.83. The molecular formula is C23H32N6. The largest absolute Gasteiger partial charge is 0.355 e. The van der Waals surface area contributed by atoms with E-state index in [1.54, 1.807) is 6.07 Å². The van der Waals surface area contributed by atoms with E-state index in [2.05, 4.69) is 46.5 Å². The summed E-state index contributed by atoms with van der Waals surface area (Å²) in [6, 6.07) is 12.2. The Balaban J connectivity index is 1.71. The lowest BCUT2D eigenvalue weighted by molar-refractivity contribution is 0.527. The molecule has 0 amide bonds. The number of anilines is 3. The van der Waals surface area contributed by atoms with Crippen molar-refractivity contribution in [2.24, 2.45) is 0 Å². The van der Waals surface area contributed by atoms with Crippen LogP contribution in [0.1, 0.15) is 57.2 Å². The second kappa shape index (κ2) is 10.8. The number of unbranched alkanes of at least 4 members (excludes halogenated alkanes) is 2. The first-order chi connectivity index (χ1) is 14.2. The van der Waals surface area contributed by atoms with E-state index in [1.807, 2.05) is 18.2 Å². The zero-order valence-electron chi connectivity index (χ0n) is 17.6. The van der Waals surface area contributed by atoms with E-state index < -0.39 is 0 Å². The van der Waals surface area contributed by atoms with E-state index >= 15 is 0 Å². The molecule has 2 aromatic rings. The lowest BCUT2D eigenvalue weighted by Gasteiger charge is -2.20. The van der Waals surface area contributed by atoms with Crippen LogP contribution in [0.15, 0.2) is 30.3 Å². The van der Waals surface area contributed by atoms with Gasteiger partial charge in [-0.3, -0.25) is 0 Å². The number of aromatic nitrogens is 2. The molecule has 0 saturated carbocycles. The first-order valence-electron chi connectivity index (χ1n) is 10.8. The van der Waals surface area contributed by atoms with Gasteiger partial charge < -0.3 is 15.5 Å². The van der Waals surface area contributed by atoms with Crippen molar-refractivity contribution in [1.29, 1.82) is 5.26 Å². The van der Waals surface area contributed by atoms with Crippen molar-refractivity contribution in [1.82, 2.24) is 15.3 Å². The Hall–Kier alpha value is -2.65. The maximum atomic E-state index is 9.12. The molecule has 0 bridgehead atoms. The zero-order chi connectivity index (χ0) is 20.5. The number of nitriles is 1. The van der Waals surface area contributed by atoms with Crippen molar-refractivity contribution in [3.63, 3.8) is 0 Å². The molecule has 29 heavy (non-hydrogen) atoms. The third kappa shape index (κ3) is 6.16. The zero-order valence-corrected chi connectivity index (χ0v) is 17.6. The van der Waals surface area contributed by atoms with Crippen molar-refractivity contribution in [3.05, 3.63) is 41.6 Å². The van der Waals surface area contributed by atoms with Gasteiger partial charge in [0.15, 0.2) is 0 Å². The predicted molar refractivity (Wildman–Crippen MR) is 119 cm³/mol. The summed E-state index contributed by atoms with van der Waals surface area (Å²) in [7, 11) is 0. The summed E-state index contributed by atoms with van der Waals surface area (Å²) in [5, 5.41) is 16.1. The summed E-state index contributed by atoms with van der Waals surface area (Å²) >= 11 is 0. The molecule has 1 atom stereocenters. The van der Waals surface area contributed by atoms with Crippen molar-refractivity contribution in [3.8, 4) is 6.07 Å². The topological polar surface area (TPSA) is 76.9 Å². The van der Waals surface area contributed by atoms with Crippen LogP contribution < -0.4 is 15.5 Å². The van der Waals surface area contributed by atoms with E-state index in [0.717, 1.165) is 56.1 Å². The molecule has 6 heteroatoms. The van der Waals surface area contributed by atoms with Gasteiger partial charge in [0.1, 0.15) is 5.82 Å². The number of nitrogens with one attached hydrogen (secondary N) is 2. The number of hydrogen-bond donors (Lipinski definition) is 2. The number of rotatable bonds is 10. The molecule has 3 rings (SSSR count). The highest BCUT2D eigenvalue weighted by Crippen LogP contribution is 2.23. The van der Waals surface area contributed by atoms with Crippen LogP contribution >= 0.6 is 0 Å². The first kappa shape index (κ1) is 21.1. The van der Waals surface area contributed by atoms with Crippen molar-refractivity contribution in [2.45, 2.75) is 58.4 Å². The van der Waals surface area contributed by atoms with Crippen LogP contribution in [0.4, 0.5) is 17.5 Å². The van der Waals surface area contributed by atoms with Gasteiger partial charge in [0.05, 0.1) is 11.6 Å². The number of hydrogen-bond acceptors (Lipinski definition) is 6. The van der Waals surface area contributed by atoms with Gasteiger partial charge in [0, 0.05) is 36.6 Å². The molecular weight excluding hydrogens is 360 g/mol. The fraction of sp³-hybridized carbons (Fsp3) is 0.522. The molecule has 1 aliphatic heterocycles. The Labute approximate surface area is 174 Å². The second-order valence-electron chi connectivity index (χ2n) is 7.70. The monoisotopic (exact) mass is 392 g/mol. The quantitative estimate of drug-likeness (QED) is 0.584. The van der Waals surface area contributed by atoms with Crippen LogP contribution in [0.3, 0.4) is 0 Å². The van der Waals surface area contributed by atoms with Gasteiger partial charge in [-0.15, -0.1) is 0 Å². The van der Waals surface area contributed by atoms with Crippen LogP contribution in [0.2, 0.25) is 0 Å². The minimum atomic E-state index is 0.528. The molecule has 0 radical (unpaired) electrons. The first-order valence-corrected chi connectivity index (χ1v) is 10.8. The summed E-state index contributed by atoms with van der Waals surface area (Å²) in [5.74, 6) is 1.58. The average Bonchev–Trinajstić information content (AvgIpc) is 3.20. The SMILES string of the molecule is CCCCCNC1CCN(c2cc(CCC)nc(Nc3cccc(C#N)c3)n2)C1. The highest BCUT2D eigenvalue weighted by Gasteiger charge is 2.23.